The van der Waals surface area contributed by atoms with Crippen molar-refractivity contribution in [3.8, 4) is 11.5 Å². The first-order valence-corrected chi connectivity index (χ1v) is 9.70. The predicted octanol–water partition coefficient (Wildman–Crippen LogP) is 4.28. The molecule has 28 heavy (non-hydrogen) atoms. The van der Waals surface area contributed by atoms with Crippen molar-refractivity contribution in [2.24, 2.45) is 0 Å². The lowest BCUT2D eigenvalue weighted by Gasteiger charge is -2.21. The Morgan fingerprint density at radius 1 is 1.07 bits per heavy atom. The van der Waals surface area contributed by atoms with Crippen molar-refractivity contribution in [3.05, 3.63) is 58.3 Å². The molecule has 2 N–H and O–H groups in total. The maximum absolute atomic E-state index is 12.8. The molecule has 0 fully saturated rings. The fourth-order valence-corrected chi connectivity index (χ4v) is 3.90. The first-order valence-electron chi connectivity index (χ1n) is 9.70. The summed E-state index contributed by atoms with van der Waals surface area (Å²) >= 11 is 0. The summed E-state index contributed by atoms with van der Waals surface area (Å²) in [5, 5.41) is 4.28. The molecule has 0 spiro atoms. The van der Waals surface area contributed by atoms with Crippen LogP contribution in [0.15, 0.2) is 30.3 Å². The Kier molecular flexibility index (Phi) is 4.75. The normalized spacial score (nSPS) is 14.1. The molecule has 3 aromatic rings. The number of H-pyrrole nitrogens is 1. The number of nitrogens with one attached hydrogen (secondary N) is 2. The Hall–Kier alpha value is -2.95. The van der Waals surface area contributed by atoms with Gasteiger partial charge < -0.3 is 19.8 Å². The van der Waals surface area contributed by atoms with Crippen LogP contribution in [-0.4, -0.2) is 24.1 Å². The molecule has 1 aliphatic rings. The topological polar surface area (TPSA) is 63.4 Å². The SMILES string of the molecule is Cc1[nH]c2c(C)ccc(C)c2c1CC(=O)N[C@H](C)c1ccc2c(c1)OCCO2. The molecule has 0 aliphatic carbocycles. The van der Waals surface area contributed by atoms with Crippen molar-refractivity contribution in [3.63, 3.8) is 0 Å². The van der Waals surface area contributed by atoms with Crippen LogP contribution in [0.25, 0.3) is 10.9 Å². The lowest BCUT2D eigenvalue weighted by atomic mass is 10.0. The second-order valence-electron chi connectivity index (χ2n) is 7.55. The van der Waals surface area contributed by atoms with E-state index in [1.165, 1.54) is 16.5 Å². The van der Waals surface area contributed by atoms with Crippen molar-refractivity contribution < 1.29 is 14.3 Å². The Balaban J connectivity index is 1.53. The van der Waals surface area contributed by atoms with Crippen molar-refractivity contribution in [2.75, 3.05) is 13.2 Å². The summed E-state index contributed by atoms with van der Waals surface area (Å²) in [6, 6.07) is 9.94. The molecule has 1 atom stereocenters. The van der Waals surface area contributed by atoms with Crippen molar-refractivity contribution in [2.45, 2.75) is 40.2 Å². The number of hydrogen-bond donors (Lipinski definition) is 2. The van der Waals surface area contributed by atoms with E-state index >= 15 is 0 Å². The van der Waals surface area contributed by atoms with Gasteiger partial charge in [-0.2, -0.15) is 0 Å². The maximum Gasteiger partial charge on any atom is 0.224 e. The van der Waals surface area contributed by atoms with Crippen molar-refractivity contribution >= 4 is 16.8 Å². The average molecular weight is 378 g/mol. The van der Waals surface area contributed by atoms with Gasteiger partial charge in [-0.25, -0.2) is 0 Å². The first-order chi connectivity index (χ1) is 13.4. The van der Waals surface area contributed by atoms with Gasteiger partial charge in [0.2, 0.25) is 5.91 Å². The monoisotopic (exact) mass is 378 g/mol. The third-order valence-corrected chi connectivity index (χ3v) is 5.47. The number of aromatic amines is 1. The summed E-state index contributed by atoms with van der Waals surface area (Å²) < 4.78 is 11.2. The van der Waals surface area contributed by atoms with Crippen molar-refractivity contribution in [1.29, 1.82) is 0 Å². The van der Waals surface area contributed by atoms with Gasteiger partial charge in [0.25, 0.3) is 0 Å². The lowest BCUT2D eigenvalue weighted by molar-refractivity contribution is -0.121. The summed E-state index contributed by atoms with van der Waals surface area (Å²) in [5.41, 5.74) is 6.63. The molecule has 1 amide bonds. The Morgan fingerprint density at radius 2 is 1.79 bits per heavy atom. The summed E-state index contributed by atoms with van der Waals surface area (Å²) in [7, 11) is 0. The van der Waals surface area contributed by atoms with Crippen LogP contribution in [0, 0.1) is 20.8 Å². The molecule has 4 rings (SSSR count). The quantitative estimate of drug-likeness (QED) is 0.712. The molecule has 5 nitrogen and oxygen atoms in total. The van der Waals surface area contributed by atoms with Gasteiger partial charge in [-0.05, 0) is 62.1 Å². The zero-order valence-electron chi connectivity index (χ0n) is 16.8. The number of amides is 1. The molecular weight excluding hydrogens is 352 g/mol. The molecule has 1 aromatic heterocycles. The van der Waals surface area contributed by atoms with E-state index in [2.05, 4.69) is 36.3 Å². The van der Waals surface area contributed by atoms with Gasteiger partial charge in [-0.1, -0.05) is 18.2 Å². The highest BCUT2D eigenvalue weighted by Crippen LogP contribution is 2.33. The van der Waals surface area contributed by atoms with Crippen LogP contribution in [0.3, 0.4) is 0 Å². The van der Waals surface area contributed by atoms with Crippen LogP contribution >= 0.6 is 0 Å². The Bertz CT molecular complexity index is 1050. The van der Waals surface area contributed by atoms with Crippen LogP contribution < -0.4 is 14.8 Å². The molecule has 1 aliphatic heterocycles. The molecule has 0 saturated carbocycles. The predicted molar refractivity (Wildman–Crippen MR) is 110 cm³/mol. The largest absolute Gasteiger partial charge is 0.486 e. The molecule has 146 valence electrons. The summed E-state index contributed by atoms with van der Waals surface area (Å²) in [6.07, 6.45) is 0.352. The zero-order chi connectivity index (χ0) is 19.8. The van der Waals surface area contributed by atoms with Crippen LogP contribution in [0.1, 0.15) is 40.9 Å². The van der Waals surface area contributed by atoms with E-state index < -0.39 is 0 Å². The van der Waals surface area contributed by atoms with Gasteiger partial charge in [0.15, 0.2) is 11.5 Å². The van der Waals surface area contributed by atoms with Gasteiger partial charge in [-0.15, -0.1) is 0 Å². The standard InChI is InChI=1S/C23H26N2O3/c1-13-5-6-14(2)23-22(13)18(16(4)25-23)12-21(26)24-15(3)17-7-8-19-20(11-17)28-10-9-27-19/h5-8,11,15,25H,9-10,12H2,1-4H3,(H,24,26)/t15-/m1/s1. The molecule has 0 radical (unpaired) electrons. The summed E-state index contributed by atoms with van der Waals surface area (Å²) in [5.74, 6) is 1.50. The minimum atomic E-state index is -0.114. The van der Waals surface area contributed by atoms with Gasteiger partial charge in [0.05, 0.1) is 12.5 Å². The van der Waals surface area contributed by atoms with Crippen molar-refractivity contribution in [1.82, 2.24) is 10.3 Å². The fourth-order valence-electron chi connectivity index (χ4n) is 3.90. The van der Waals surface area contributed by atoms with Gasteiger partial charge in [0, 0.05) is 16.6 Å². The van der Waals surface area contributed by atoms with Crippen LogP contribution in [0.2, 0.25) is 0 Å². The average Bonchev–Trinajstić information content (AvgIpc) is 3.01. The minimum absolute atomic E-state index is 0.00675. The number of aromatic nitrogens is 1. The van der Waals surface area contributed by atoms with Crippen LogP contribution in [0.4, 0.5) is 0 Å². The molecule has 5 heteroatoms. The van der Waals surface area contributed by atoms with E-state index in [9.17, 15) is 4.79 Å². The Morgan fingerprint density at radius 3 is 2.57 bits per heavy atom. The minimum Gasteiger partial charge on any atom is -0.486 e. The number of aryl methyl sites for hydroxylation is 3. The smallest absolute Gasteiger partial charge is 0.224 e. The molecule has 0 saturated heterocycles. The second kappa shape index (κ2) is 7.23. The second-order valence-corrected chi connectivity index (χ2v) is 7.55. The van der Waals surface area contributed by atoms with E-state index in [1.807, 2.05) is 32.0 Å². The molecule has 2 aromatic carbocycles. The number of fused-ring (bicyclic) bond motifs is 2. The number of hydrogen-bond acceptors (Lipinski definition) is 3. The number of benzene rings is 2. The number of carbonyl (C=O) groups excluding carboxylic acids is 1. The van der Waals surface area contributed by atoms with Gasteiger partial charge in [0.1, 0.15) is 13.2 Å². The highest BCUT2D eigenvalue weighted by molar-refractivity contribution is 5.94. The first kappa shape index (κ1) is 18.4. The van der Waals surface area contributed by atoms with Crippen LogP contribution in [0.5, 0.6) is 11.5 Å². The Labute approximate surface area is 165 Å². The van der Waals surface area contributed by atoms with E-state index in [4.69, 9.17) is 9.47 Å². The molecule has 2 heterocycles. The molecular formula is C23H26N2O3. The number of ether oxygens (including phenoxy) is 2. The van der Waals surface area contributed by atoms with E-state index in [0.717, 1.165) is 33.8 Å². The zero-order valence-corrected chi connectivity index (χ0v) is 16.8. The maximum atomic E-state index is 12.8. The lowest BCUT2D eigenvalue weighted by Crippen LogP contribution is -2.28. The molecule has 0 unspecified atom stereocenters. The summed E-state index contributed by atoms with van der Waals surface area (Å²) in [6.45, 7) is 9.32. The van der Waals surface area contributed by atoms with Gasteiger partial charge >= 0.3 is 0 Å². The van der Waals surface area contributed by atoms with E-state index in [0.29, 0.717) is 19.6 Å². The van der Waals surface area contributed by atoms with E-state index in [1.54, 1.807) is 0 Å². The third kappa shape index (κ3) is 3.33. The fraction of sp³-hybridized carbons (Fsp3) is 0.348. The number of carbonyl (C=O) groups is 1. The molecule has 0 bridgehead atoms. The van der Waals surface area contributed by atoms with Crippen LogP contribution in [-0.2, 0) is 11.2 Å². The van der Waals surface area contributed by atoms with E-state index in [-0.39, 0.29) is 11.9 Å². The number of rotatable bonds is 4. The highest BCUT2D eigenvalue weighted by atomic mass is 16.6. The highest BCUT2D eigenvalue weighted by Gasteiger charge is 2.19. The van der Waals surface area contributed by atoms with Gasteiger partial charge in [-0.3, -0.25) is 4.79 Å². The third-order valence-electron chi connectivity index (χ3n) is 5.47. The summed E-state index contributed by atoms with van der Waals surface area (Å²) in [4.78, 5) is 16.2.